The van der Waals surface area contributed by atoms with Crippen LogP contribution in [0.3, 0.4) is 0 Å². The van der Waals surface area contributed by atoms with Crippen molar-refractivity contribution in [3.63, 3.8) is 0 Å². The van der Waals surface area contributed by atoms with Gasteiger partial charge in [-0.2, -0.15) is 13.2 Å². The Kier molecular flexibility index (Phi) is 6.11. The molecule has 122 valence electrons. The van der Waals surface area contributed by atoms with E-state index in [1.54, 1.807) is 0 Å². The van der Waals surface area contributed by atoms with Crippen LogP contribution in [0, 0.1) is 0 Å². The first-order chi connectivity index (χ1) is 10.2. The molecule has 0 fully saturated rings. The summed E-state index contributed by atoms with van der Waals surface area (Å²) < 4.78 is 45.1. The minimum Gasteiger partial charge on any atom is -0.479 e. The summed E-state index contributed by atoms with van der Waals surface area (Å²) in [6, 6.07) is 2.27. The fraction of sp³-hybridized carbons (Fsp3) is 0.417. The van der Waals surface area contributed by atoms with Crippen LogP contribution in [0.5, 0.6) is 5.88 Å². The standard InChI is InChI=1S/C12H13F3N2O5/c1-21-8(11(19)20)5-17-10(18)7-2-3-16-9(4-7)22-6-12(13,14)15/h2-4,8H,5-6H2,1H3,(H,17,18)(H,19,20). The number of carboxylic acid groups (broad SMARTS) is 1. The number of rotatable bonds is 7. The summed E-state index contributed by atoms with van der Waals surface area (Å²) >= 11 is 0. The molecule has 7 nitrogen and oxygen atoms in total. The molecular formula is C12H13F3N2O5. The third-order valence-electron chi connectivity index (χ3n) is 2.39. The lowest BCUT2D eigenvalue weighted by Crippen LogP contribution is -2.37. The summed E-state index contributed by atoms with van der Waals surface area (Å²) in [5.74, 6) is -2.32. The topological polar surface area (TPSA) is 97.8 Å². The van der Waals surface area contributed by atoms with Gasteiger partial charge in [-0.25, -0.2) is 9.78 Å². The number of carbonyl (C=O) groups excluding carboxylic acids is 1. The number of nitrogens with one attached hydrogen (secondary N) is 1. The first-order valence-electron chi connectivity index (χ1n) is 5.92. The van der Waals surface area contributed by atoms with Crippen LogP contribution >= 0.6 is 0 Å². The molecule has 1 amide bonds. The number of halogens is 3. The van der Waals surface area contributed by atoms with Crippen molar-refractivity contribution in [3.05, 3.63) is 23.9 Å². The fourth-order valence-electron chi connectivity index (χ4n) is 1.34. The minimum absolute atomic E-state index is 0.0209. The zero-order chi connectivity index (χ0) is 16.8. The van der Waals surface area contributed by atoms with Crippen LogP contribution in [-0.2, 0) is 9.53 Å². The minimum atomic E-state index is -4.52. The number of hydrogen-bond acceptors (Lipinski definition) is 5. The number of aliphatic carboxylic acids is 1. The smallest absolute Gasteiger partial charge is 0.422 e. The lowest BCUT2D eigenvalue weighted by Gasteiger charge is -2.12. The van der Waals surface area contributed by atoms with Crippen molar-refractivity contribution in [1.82, 2.24) is 10.3 Å². The molecule has 22 heavy (non-hydrogen) atoms. The van der Waals surface area contributed by atoms with E-state index in [0.29, 0.717) is 0 Å². The molecule has 0 spiro atoms. The van der Waals surface area contributed by atoms with Crippen molar-refractivity contribution in [2.24, 2.45) is 0 Å². The maximum absolute atomic E-state index is 12.0. The van der Waals surface area contributed by atoms with E-state index in [0.717, 1.165) is 12.3 Å². The highest BCUT2D eigenvalue weighted by atomic mass is 19.4. The summed E-state index contributed by atoms with van der Waals surface area (Å²) in [5, 5.41) is 11.0. The molecule has 10 heteroatoms. The lowest BCUT2D eigenvalue weighted by atomic mass is 10.2. The summed E-state index contributed by atoms with van der Waals surface area (Å²) in [5.41, 5.74) is -0.0209. The molecule has 0 aromatic carbocycles. The molecule has 1 rings (SSSR count). The molecule has 1 atom stereocenters. The van der Waals surface area contributed by atoms with Gasteiger partial charge in [0.15, 0.2) is 12.7 Å². The lowest BCUT2D eigenvalue weighted by molar-refractivity contribution is -0.154. The predicted octanol–water partition coefficient (Wildman–Crippen LogP) is 0.852. The summed E-state index contributed by atoms with van der Waals surface area (Å²) in [6.45, 7) is -1.83. The SMILES string of the molecule is COC(CNC(=O)c1ccnc(OCC(F)(F)F)c1)C(=O)O. The Bertz CT molecular complexity index is 536. The van der Waals surface area contributed by atoms with Gasteiger partial charge in [-0.15, -0.1) is 0 Å². The maximum atomic E-state index is 12.0. The van der Waals surface area contributed by atoms with E-state index >= 15 is 0 Å². The van der Waals surface area contributed by atoms with E-state index in [4.69, 9.17) is 5.11 Å². The van der Waals surface area contributed by atoms with Crippen molar-refractivity contribution >= 4 is 11.9 Å². The van der Waals surface area contributed by atoms with Gasteiger partial charge >= 0.3 is 12.1 Å². The Hall–Kier alpha value is -2.36. The zero-order valence-corrected chi connectivity index (χ0v) is 11.4. The van der Waals surface area contributed by atoms with Gasteiger partial charge in [0.2, 0.25) is 5.88 Å². The summed E-state index contributed by atoms with van der Waals surface area (Å²) in [4.78, 5) is 26.0. The molecule has 1 unspecified atom stereocenters. The van der Waals surface area contributed by atoms with Gasteiger partial charge in [0.1, 0.15) is 0 Å². The van der Waals surface area contributed by atoms with Gasteiger partial charge in [0.25, 0.3) is 5.91 Å². The molecule has 0 saturated carbocycles. The zero-order valence-electron chi connectivity index (χ0n) is 11.4. The molecule has 2 N–H and O–H groups in total. The first kappa shape index (κ1) is 17.7. The van der Waals surface area contributed by atoms with Crippen molar-refractivity contribution in [3.8, 4) is 5.88 Å². The average Bonchev–Trinajstić information content (AvgIpc) is 2.45. The normalized spacial score (nSPS) is 12.5. The highest BCUT2D eigenvalue weighted by Crippen LogP contribution is 2.17. The molecule has 0 bridgehead atoms. The number of hydrogen-bond donors (Lipinski definition) is 2. The first-order valence-corrected chi connectivity index (χ1v) is 5.92. The fourth-order valence-corrected chi connectivity index (χ4v) is 1.34. The third-order valence-corrected chi connectivity index (χ3v) is 2.39. The van der Waals surface area contributed by atoms with Crippen LogP contribution in [0.1, 0.15) is 10.4 Å². The Morgan fingerprint density at radius 1 is 1.45 bits per heavy atom. The van der Waals surface area contributed by atoms with E-state index in [-0.39, 0.29) is 18.0 Å². The van der Waals surface area contributed by atoms with Crippen molar-refractivity contribution in [1.29, 1.82) is 0 Å². The molecule has 0 aliphatic rings. The quantitative estimate of drug-likeness (QED) is 0.772. The van der Waals surface area contributed by atoms with Crippen molar-refractivity contribution < 1.29 is 37.3 Å². The molecule has 0 aliphatic carbocycles. The van der Waals surface area contributed by atoms with Gasteiger partial charge in [-0.05, 0) is 6.07 Å². The van der Waals surface area contributed by atoms with Crippen LogP contribution in [0.4, 0.5) is 13.2 Å². The van der Waals surface area contributed by atoms with Crippen LogP contribution in [0.2, 0.25) is 0 Å². The van der Waals surface area contributed by atoms with Crippen molar-refractivity contribution in [2.75, 3.05) is 20.3 Å². The van der Waals surface area contributed by atoms with Gasteiger partial charge in [0, 0.05) is 24.9 Å². The number of pyridine rings is 1. The molecule has 0 radical (unpaired) electrons. The van der Waals surface area contributed by atoms with E-state index in [1.807, 2.05) is 0 Å². The van der Waals surface area contributed by atoms with Crippen LogP contribution < -0.4 is 10.1 Å². The number of aromatic nitrogens is 1. The van der Waals surface area contributed by atoms with Gasteiger partial charge < -0.3 is 19.9 Å². The molecule has 0 aliphatic heterocycles. The number of carboxylic acids is 1. The van der Waals surface area contributed by atoms with Gasteiger partial charge in [0.05, 0.1) is 6.54 Å². The monoisotopic (exact) mass is 322 g/mol. The van der Waals surface area contributed by atoms with E-state index in [1.165, 1.54) is 13.2 Å². The second-order valence-electron chi connectivity index (χ2n) is 4.06. The summed E-state index contributed by atoms with van der Waals surface area (Å²) in [6.07, 6.45) is -4.65. The van der Waals surface area contributed by atoms with E-state index < -0.39 is 30.8 Å². The van der Waals surface area contributed by atoms with Crippen LogP contribution in [0.15, 0.2) is 18.3 Å². The van der Waals surface area contributed by atoms with E-state index in [9.17, 15) is 22.8 Å². The Labute approximate surface area is 123 Å². The highest BCUT2D eigenvalue weighted by molar-refractivity contribution is 5.94. The Balaban J connectivity index is 2.64. The van der Waals surface area contributed by atoms with Gasteiger partial charge in [-0.1, -0.05) is 0 Å². The molecular weight excluding hydrogens is 309 g/mol. The second-order valence-corrected chi connectivity index (χ2v) is 4.06. The van der Waals surface area contributed by atoms with Gasteiger partial charge in [-0.3, -0.25) is 4.79 Å². The number of alkyl halides is 3. The number of ether oxygens (including phenoxy) is 2. The molecule has 1 heterocycles. The van der Waals surface area contributed by atoms with Crippen molar-refractivity contribution in [2.45, 2.75) is 12.3 Å². The number of nitrogens with zero attached hydrogens (tertiary/aromatic N) is 1. The molecule has 1 aromatic rings. The summed E-state index contributed by atoms with van der Waals surface area (Å²) in [7, 11) is 1.17. The molecule has 0 saturated heterocycles. The third kappa shape index (κ3) is 5.95. The van der Waals surface area contributed by atoms with Crippen LogP contribution in [0.25, 0.3) is 0 Å². The highest BCUT2D eigenvalue weighted by Gasteiger charge is 2.28. The van der Waals surface area contributed by atoms with Crippen LogP contribution in [-0.4, -0.2) is 54.5 Å². The molecule has 1 aromatic heterocycles. The number of methoxy groups -OCH3 is 1. The maximum Gasteiger partial charge on any atom is 0.422 e. The number of amides is 1. The largest absolute Gasteiger partial charge is 0.479 e. The number of carbonyl (C=O) groups is 2. The second kappa shape index (κ2) is 7.59. The Morgan fingerprint density at radius 3 is 2.68 bits per heavy atom. The van der Waals surface area contributed by atoms with E-state index in [2.05, 4.69) is 19.8 Å². The average molecular weight is 322 g/mol. The predicted molar refractivity (Wildman–Crippen MR) is 66.6 cm³/mol. The Morgan fingerprint density at radius 2 is 2.14 bits per heavy atom.